The van der Waals surface area contributed by atoms with Crippen molar-refractivity contribution in [1.29, 1.82) is 5.26 Å². The maximum absolute atomic E-state index is 12.5. The predicted molar refractivity (Wildman–Crippen MR) is 50.9 cm³/mol. The molecular weight excluding hydrogens is 254 g/mol. The van der Waals surface area contributed by atoms with Crippen LogP contribution in [-0.2, 0) is 6.42 Å². The van der Waals surface area contributed by atoms with E-state index in [2.05, 4.69) is 20.9 Å². The first-order chi connectivity index (χ1) is 6.56. The molecule has 0 unspecified atom stereocenters. The monoisotopic (exact) mass is 260 g/mol. The summed E-state index contributed by atoms with van der Waals surface area (Å²) in [6.07, 6.45) is -2.68. The summed E-state index contributed by atoms with van der Waals surface area (Å²) in [6, 6.07) is 3.35. The summed E-state index contributed by atoms with van der Waals surface area (Å²) in [5, 5.41) is 8.45. The van der Waals surface area contributed by atoms with Gasteiger partial charge < -0.3 is 0 Å². The Labute approximate surface area is 88.7 Å². The van der Waals surface area contributed by atoms with E-state index in [0.29, 0.717) is 10.2 Å². The SMILES string of the molecule is Cc1nc(C(F)F)c(CC#N)cc1Br. The largest absolute Gasteiger partial charge is 0.280 e. The molecule has 0 aromatic carbocycles. The molecule has 0 amide bonds. The second-order valence-electron chi connectivity index (χ2n) is 2.74. The zero-order valence-electron chi connectivity index (χ0n) is 7.39. The maximum atomic E-state index is 12.5. The average Bonchev–Trinajstić information content (AvgIpc) is 2.11. The molecule has 0 fully saturated rings. The zero-order chi connectivity index (χ0) is 10.7. The van der Waals surface area contributed by atoms with Crippen molar-refractivity contribution in [3.8, 4) is 6.07 Å². The fraction of sp³-hybridized carbons (Fsp3) is 0.333. The molecule has 5 heteroatoms. The Morgan fingerprint density at radius 2 is 2.29 bits per heavy atom. The highest BCUT2D eigenvalue weighted by atomic mass is 79.9. The van der Waals surface area contributed by atoms with Gasteiger partial charge in [-0.2, -0.15) is 5.26 Å². The molecule has 2 nitrogen and oxygen atoms in total. The number of pyridine rings is 1. The molecule has 0 aliphatic heterocycles. The van der Waals surface area contributed by atoms with Crippen LogP contribution in [0.5, 0.6) is 0 Å². The van der Waals surface area contributed by atoms with Crippen molar-refractivity contribution < 1.29 is 8.78 Å². The summed E-state index contributed by atoms with van der Waals surface area (Å²) in [5.41, 5.74) is 0.481. The first kappa shape index (κ1) is 11.1. The van der Waals surface area contributed by atoms with E-state index in [0.717, 1.165) is 0 Å². The molecule has 1 rings (SSSR count). The van der Waals surface area contributed by atoms with Crippen LogP contribution in [0.3, 0.4) is 0 Å². The highest BCUT2D eigenvalue weighted by Gasteiger charge is 2.16. The van der Waals surface area contributed by atoms with Gasteiger partial charge in [0.15, 0.2) is 0 Å². The number of halogens is 3. The molecule has 1 aromatic heterocycles. The van der Waals surface area contributed by atoms with Gasteiger partial charge in [-0.25, -0.2) is 8.78 Å². The maximum Gasteiger partial charge on any atom is 0.280 e. The summed E-state index contributed by atoms with van der Waals surface area (Å²) in [5.74, 6) is 0. The number of rotatable bonds is 2. The van der Waals surface area contributed by atoms with E-state index < -0.39 is 6.43 Å². The van der Waals surface area contributed by atoms with Gasteiger partial charge in [-0.05, 0) is 34.5 Å². The van der Waals surface area contributed by atoms with E-state index in [4.69, 9.17) is 5.26 Å². The van der Waals surface area contributed by atoms with E-state index in [9.17, 15) is 8.78 Å². The molecule has 0 N–H and O–H groups in total. The fourth-order valence-corrected chi connectivity index (χ4v) is 1.42. The van der Waals surface area contributed by atoms with Crippen molar-refractivity contribution >= 4 is 15.9 Å². The smallest absolute Gasteiger partial charge is 0.251 e. The number of nitrogens with zero attached hydrogens (tertiary/aromatic N) is 2. The Kier molecular flexibility index (Phi) is 3.53. The standard InChI is InChI=1S/C9H7BrF2N2/c1-5-7(10)4-6(2-3-13)8(14-5)9(11)12/h4,9H,2H2,1H3. The fourth-order valence-electron chi connectivity index (χ4n) is 1.05. The normalized spacial score (nSPS) is 10.3. The Morgan fingerprint density at radius 3 is 2.79 bits per heavy atom. The van der Waals surface area contributed by atoms with Gasteiger partial charge >= 0.3 is 0 Å². The quantitative estimate of drug-likeness (QED) is 0.819. The minimum absolute atomic E-state index is 0.0500. The minimum Gasteiger partial charge on any atom is -0.251 e. The second kappa shape index (κ2) is 4.47. The van der Waals surface area contributed by atoms with Crippen LogP contribution in [0, 0.1) is 18.3 Å². The summed E-state index contributed by atoms with van der Waals surface area (Å²) in [7, 11) is 0. The van der Waals surface area contributed by atoms with Gasteiger partial charge in [0.1, 0.15) is 5.69 Å². The number of hydrogen-bond acceptors (Lipinski definition) is 2. The number of hydrogen-bond donors (Lipinski definition) is 0. The van der Waals surface area contributed by atoms with E-state index in [1.807, 2.05) is 6.07 Å². The molecule has 0 aliphatic carbocycles. The summed E-state index contributed by atoms with van der Waals surface area (Å²) in [4.78, 5) is 3.74. The van der Waals surface area contributed by atoms with Crippen molar-refractivity contribution in [2.75, 3.05) is 0 Å². The lowest BCUT2D eigenvalue weighted by Crippen LogP contribution is -2.00. The van der Waals surface area contributed by atoms with Crippen molar-refractivity contribution in [2.45, 2.75) is 19.8 Å². The molecule has 74 valence electrons. The molecule has 0 aliphatic rings. The van der Waals surface area contributed by atoms with Gasteiger partial charge in [0.25, 0.3) is 6.43 Å². The Hall–Kier alpha value is -1.02. The van der Waals surface area contributed by atoms with Crippen molar-refractivity contribution in [3.05, 3.63) is 27.5 Å². The Balaban J connectivity index is 3.25. The lowest BCUT2D eigenvalue weighted by Gasteiger charge is -2.07. The third-order valence-electron chi connectivity index (χ3n) is 1.74. The first-order valence-electron chi connectivity index (χ1n) is 3.87. The summed E-state index contributed by atoms with van der Waals surface area (Å²) >= 11 is 3.18. The van der Waals surface area contributed by atoms with Crippen molar-refractivity contribution in [2.24, 2.45) is 0 Å². The molecular formula is C9H7BrF2N2. The van der Waals surface area contributed by atoms with Gasteiger partial charge in [-0.1, -0.05) is 0 Å². The molecule has 1 aromatic rings. The Bertz CT molecular complexity index is 385. The van der Waals surface area contributed by atoms with E-state index in [-0.39, 0.29) is 17.7 Å². The van der Waals surface area contributed by atoms with Crippen LogP contribution >= 0.6 is 15.9 Å². The van der Waals surface area contributed by atoms with Crippen molar-refractivity contribution in [1.82, 2.24) is 4.98 Å². The number of aromatic nitrogens is 1. The Morgan fingerprint density at radius 1 is 1.64 bits per heavy atom. The lowest BCUT2D eigenvalue weighted by atomic mass is 10.1. The van der Waals surface area contributed by atoms with Crippen LogP contribution in [-0.4, -0.2) is 4.98 Å². The summed E-state index contributed by atoms with van der Waals surface area (Å²) < 4.78 is 25.6. The highest BCUT2D eigenvalue weighted by molar-refractivity contribution is 9.10. The molecule has 0 atom stereocenters. The van der Waals surface area contributed by atoms with E-state index in [1.54, 1.807) is 6.92 Å². The minimum atomic E-state index is -2.63. The average molecular weight is 261 g/mol. The van der Waals surface area contributed by atoms with Crippen LogP contribution in [0.25, 0.3) is 0 Å². The third kappa shape index (κ3) is 2.26. The lowest BCUT2D eigenvalue weighted by molar-refractivity contribution is 0.145. The van der Waals surface area contributed by atoms with Gasteiger partial charge in [0.2, 0.25) is 0 Å². The van der Waals surface area contributed by atoms with Gasteiger partial charge in [0, 0.05) is 4.47 Å². The molecule has 0 radical (unpaired) electrons. The second-order valence-corrected chi connectivity index (χ2v) is 3.59. The third-order valence-corrected chi connectivity index (χ3v) is 2.54. The van der Waals surface area contributed by atoms with Gasteiger partial charge in [-0.3, -0.25) is 4.98 Å². The van der Waals surface area contributed by atoms with Crippen LogP contribution in [0.4, 0.5) is 8.78 Å². The van der Waals surface area contributed by atoms with E-state index in [1.165, 1.54) is 6.07 Å². The molecule has 0 bridgehead atoms. The van der Waals surface area contributed by atoms with Gasteiger partial charge in [-0.15, -0.1) is 0 Å². The van der Waals surface area contributed by atoms with Gasteiger partial charge in [0.05, 0.1) is 18.2 Å². The van der Waals surface area contributed by atoms with Crippen molar-refractivity contribution in [3.63, 3.8) is 0 Å². The number of alkyl halides is 2. The molecule has 0 saturated heterocycles. The van der Waals surface area contributed by atoms with Crippen LogP contribution in [0.2, 0.25) is 0 Å². The number of nitriles is 1. The highest BCUT2D eigenvalue weighted by Crippen LogP contribution is 2.25. The molecule has 14 heavy (non-hydrogen) atoms. The number of aryl methyl sites for hydroxylation is 1. The van der Waals surface area contributed by atoms with Crippen LogP contribution in [0.1, 0.15) is 23.4 Å². The zero-order valence-corrected chi connectivity index (χ0v) is 8.98. The molecule has 0 saturated carbocycles. The first-order valence-corrected chi connectivity index (χ1v) is 4.66. The molecule has 0 spiro atoms. The predicted octanol–water partition coefficient (Wildman–Crippen LogP) is 3.16. The molecule has 1 heterocycles. The van der Waals surface area contributed by atoms with E-state index >= 15 is 0 Å². The van der Waals surface area contributed by atoms with Crippen LogP contribution < -0.4 is 0 Å². The topological polar surface area (TPSA) is 36.7 Å². The summed E-state index contributed by atoms with van der Waals surface area (Å²) in [6.45, 7) is 1.63. The van der Waals surface area contributed by atoms with Crippen LogP contribution in [0.15, 0.2) is 10.5 Å².